The van der Waals surface area contributed by atoms with E-state index in [0.29, 0.717) is 28.7 Å². The van der Waals surface area contributed by atoms with Crippen molar-refractivity contribution in [3.8, 4) is 10.8 Å². The first kappa shape index (κ1) is 16.5. The summed E-state index contributed by atoms with van der Waals surface area (Å²) in [6.07, 6.45) is 8.24. The van der Waals surface area contributed by atoms with E-state index in [9.17, 15) is 9.59 Å². The van der Waals surface area contributed by atoms with Crippen LogP contribution < -0.4 is 0 Å². The second kappa shape index (κ2) is 7.48. The summed E-state index contributed by atoms with van der Waals surface area (Å²) in [5.74, 6) is -0.401. The van der Waals surface area contributed by atoms with Crippen molar-refractivity contribution in [3.05, 3.63) is 29.5 Å². The van der Waals surface area contributed by atoms with Crippen LogP contribution in [0.5, 0.6) is 0 Å². The third kappa shape index (κ3) is 3.76. The van der Waals surface area contributed by atoms with Gasteiger partial charge in [0.25, 0.3) is 5.91 Å². The maximum absolute atomic E-state index is 12.8. The van der Waals surface area contributed by atoms with Crippen molar-refractivity contribution >= 4 is 23.2 Å². The maximum Gasteiger partial charge on any atom is 0.303 e. The van der Waals surface area contributed by atoms with Crippen molar-refractivity contribution in [1.82, 2.24) is 19.9 Å². The molecular formula is C16H18N4O3S. The van der Waals surface area contributed by atoms with E-state index in [4.69, 9.17) is 5.11 Å². The minimum Gasteiger partial charge on any atom is -0.481 e. The molecule has 1 amide bonds. The van der Waals surface area contributed by atoms with E-state index in [2.05, 4.69) is 15.0 Å². The molecule has 1 atom stereocenters. The first-order valence-corrected chi connectivity index (χ1v) is 8.73. The van der Waals surface area contributed by atoms with Gasteiger partial charge in [-0.1, -0.05) is 0 Å². The molecule has 0 bridgehead atoms. The Kier molecular flexibility index (Phi) is 5.14. The second-order valence-corrected chi connectivity index (χ2v) is 6.71. The number of nitrogens with zero attached hydrogens (tertiary/aromatic N) is 4. The Hall–Kier alpha value is -2.35. The van der Waals surface area contributed by atoms with Crippen LogP contribution in [-0.2, 0) is 4.79 Å². The van der Waals surface area contributed by atoms with Gasteiger partial charge in [-0.15, -0.1) is 11.3 Å². The number of carboxylic acid groups (broad SMARTS) is 1. The van der Waals surface area contributed by atoms with Gasteiger partial charge >= 0.3 is 5.97 Å². The topological polar surface area (TPSA) is 96.3 Å². The Balaban J connectivity index is 1.74. The van der Waals surface area contributed by atoms with Crippen LogP contribution in [0.15, 0.2) is 24.7 Å². The fourth-order valence-corrected chi connectivity index (χ4v) is 3.71. The van der Waals surface area contributed by atoms with Gasteiger partial charge in [0, 0.05) is 31.4 Å². The molecule has 126 valence electrons. The minimum absolute atomic E-state index is 0.0131. The molecule has 1 fully saturated rings. The molecule has 8 heteroatoms. The molecule has 24 heavy (non-hydrogen) atoms. The van der Waals surface area contributed by atoms with Gasteiger partial charge in [0.15, 0.2) is 10.8 Å². The smallest absolute Gasteiger partial charge is 0.303 e. The van der Waals surface area contributed by atoms with Gasteiger partial charge in [-0.25, -0.2) is 15.0 Å². The number of aromatic nitrogens is 3. The normalized spacial score (nSPS) is 17.7. The van der Waals surface area contributed by atoms with Gasteiger partial charge in [0.05, 0.1) is 6.20 Å². The second-order valence-electron chi connectivity index (χ2n) is 5.68. The van der Waals surface area contributed by atoms with Gasteiger partial charge in [-0.05, 0) is 31.7 Å². The van der Waals surface area contributed by atoms with E-state index in [1.807, 2.05) is 0 Å². The highest BCUT2D eigenvalue weighted by Crippen LogP contribution is 2.27. The van der Waals surface area contributed by atoms with E-state index >= 15 is 0 Å². The zero-order valence-corrected chi connectivity index (χ0v) is 13.9. The van der Waals surface area contributed by atoms with Crippen molar-refractivity contribution in [2.75, 3.05) is 6.54 Å². The number of carbonyl (C=O) groups excluding carboxylic acids is 1. The largest absolute Gasteiger partial charge is 0.481 e. The summed E-state index contributed by atoms with van der Waals surface area (Å²) < 4.78 is 0. The van der Waals surface area contributed by atoms with Gasteiger partial charge in [-0.2, -0.15) is 0 Å². The lowest BCUT2D eigenvalue weighted by atomic mass is 9.97. The summed E-state index contributed by atoms with van der Waals surface area (Å²) in [7, 11) is 0. The van der Waals surface area contributed by atoms with Gasteiger partial charge in [-0.3, -0.25) is 9.59 Å². The van der Waals surface area contributed by atoms with Crippen LogP contribution in [-0.4, -0.2) is 49.4 Å². The zero-order valence-electron chi connectivity index (χ0n) is 13.1. The van der Waals surface area contributed by atoms with Gasteiger partial charge < -0.3 is 10.0 Å². The quantitative estimate of drug-likeness (QED) is 0.893. The fraction of sp³-hybridized carbons (Fsp3) is 0.438. The summed E-state index contributed by atoms with van der Waals surface area (Å²) in [4.78, 5) is 38.5. The van der Waals surface area contributed by atoms with Crippen LogP contribution in [0.3, 0.4) is 0 Å². The maximum atomic E-state index is 12.8. The van der Waals surface area contributed by atoms with Crippen LogP contribution in [0, 0.1) is 0 Å². The summed E-state index contributed by atoms with van der Waals surface area (Å²) in [5.41, 5.74) is 0. The number of likely N-dealkylation sites (tertiary alicyclic amines) is 1. The molecule has 3 rings (SSSR count). The van der Waals surface area contributed by atoms with Crippen LogP contribution in [0.1, 0.15) is 41.8 Å². The number of aliphatic carboxylic acids is 1. The molecule has 0 radical (unpaired) electrons. The minimum atomic E-state index is -0.825. The van der Waals surface area contributed by atoms with Crippen molar-refractivity contribution in [2.24, 2.45) is 0 Å². The Morgan fingerprint density at radius 1 is 1.25 bits per heavy atom. The molecule has 2 aromatic heterocycles. The standard InChI is InChI=1S/C16H18N4O3S/c21-13(22)6-5-11-4-1-2-9-20(11)16(23)12-10-19-15(24-12)14-17-7-3-8-18-14/h3,7-8,10-11H,1-2,4-6,9H2,(H,21,22)/t11-/m0/s1. The number of thiazole rings is 1. The summed E-state index contributed by atoms with van der Waals surface area (Å²) in [6, 6.07) is 1.71. The van der Waals surface area contributed by atoms with Gasteiger partial charge in [0.2, 0.25) is 0 Å². The van der Waals surface area contributed by atoms with Crippen molar-refractivity contribution in [1.29, 1.82) is 0 Å². The van der Waals surface area contributed by atoms with E-state index < -0.39 is 5.97 Å². The molecule has 3 heterocycles. The van der Waals surface area contributed by atoms with Gasteiger partial charge in [0.1, 0.15) is 4.88 Å². The number of carbonyl (C=O) groups is 2. The van der Waals surface area contributed by atoms with Crippen molar-refractivity contribution in [3.63, 3.8) is 0 Å². The number of amides is 1. The lowest BCUT2D eigenvalue weighted by Crippen LogP contribution is -2.43. The van der Waals surface area contributed by atoms with E-state index in [0.717, 1.165) is 19.3 Å². The van der Waals surface area contributed by atoms with Crippen molar-refractivity contribution < 1.29 is 14.7 Å². The summed E-state index contributed by atoms with van der Waals surface area (Å²) in [6.45, 7) is 0.665. The third-order valence-corrected chi connectivity index (χ3v) is 5.03. The van der Waals surface area contributed by atoms with Crippen LogP contribution in [0.2, 0.25) is 0 Å². The predicted molar refractivity (Wildman–Crippen MR) is 88.7 cm³/mol. The SMILES string of the molecule is O=C(O)CC[C@@H]1CCCCN1C(=O)c1cnc(-c2ncccn2)s1. The molecule has 1 aliphatic heterocycles. The number of hydrogen-bond acceptors (Lipinski definition) is 6. The van der Waals surface area contributed by atoms with Crippen molar-refractivity contribution in [2.45, 2.75) is 38.1 Å². The molecule has 0 unspecified atom stereocenters. The molecule has 0 saturated carbocycles. The van der Waals surface area contributed by atoms with Crippen LogP contribution in [0.25, 0.3) is 10.8 Å². The lowest BCUT2D eigenvalue weighted by molar-refractivity contribution is -0.137. The summed E-state index contributed by atoms with van der Waals surface area (Å²) in [5, 5.41) is 9.50. The highest BCUT2D eigenvalue weighted by atomic mass is 32.1. The average Bonchev–Trinajstić information content (AvgIpc) is 3.10. The Morgan fingerprint density at radius 3 is 2.79 bits per heavy atom. The van der Waals surface area contributed by atoms with E-state index in [-0.39, 0.29) is 18.4 Å². The number of piperidine rings is 1. The van der Waals surface area contributed by atoms with Crippen LogP contribution >= 0.6 is 11.3 Å². The van der Waals surface area contributed by atoms with E-state index in [1.165, 1.54) is 11.3 Å². The Labute approximate surface area is 143 Å². The molecule has 7 nitrogen and oxygen atoms in total. The van der Waals surface area contributed by atoms with Crippen LogP contribution in [0.4, 0.5) is 0 Å². The Morgan fingerprint density at radius 2 is 2.04 bits per heavy atom. The molecule has 0 aliphatic carbocycles. The number of hydrogen-bond donors (Lipinski definition) is 1. The first-order valence-electron chi connectivity index (χ1n) is 7.91. The highest BCUT2D eigenvalue weighted by Gasteiger charge is 2.29. The molecule has 2 aromatic rings. The third-order valence-electron chi connectivity index (χ3n) is 4.05. The highest BCUT2D eigenvalue weighted by molar-refractivity contribution is 7.16. The summed E-state index contributed by atoms with van der Waals surface area (Å²) >= 11 is 1.27. The molecule has 1 saturated heterocycles. The molecule has 1 aliphatic rings. The molecule has 0 spiro atoms. The van der Waals surface area contributed by atoms with E-state index in [1.54, 1.807) is 29.6 Å². The monoisotopic (exact) mass is 346 g/mol. The molecule has 1 N–H and O–H groups in total. The molecular weight excluding hydrogens is 328 g/mol. The zero-order chi connectivity index (χ0) is 16.9. The Bertz CT molecular complexity index is 719. The number of carboxylic acids is 1. The number of rotatable bonds is 5. The predicted octanol–water partition coefficient (Wildman–Crippen LogP) is 2.46. The molecule has 0 aromatic carbocycles. The average molecular weight is 346 g/mol. The first-order chi connectivity index (χ1) is 11.6. The lowest BCUT2D eigenvalue weighted by Gasteiger charge is -2.35. The fourth-order valence-electron chi connectivity index (χ4n) is 2.89.